The third-order valence-electron chi connectivity index (χ3n) is 3.94. The van der Waals surface area contributed by atoms with Gasteiger partial charge in [-0.2, -0.15) is 0 Å². The van der Waals surface area contributed by atoms with E-state index in [4.69, 9.17) is 4.74 Å². The molecule has 2 rings (SSSR count). The molecule has 4 unspecified atom stereocenters. The molecular weight excluding hydrogens is 238 g/mol. The molecule has 1 saturated heterocycles. The molecule has 1 aliphatic heterocycles. The summed E-state index contributed by atoms with van der Waals surface area (Å²) in [4.78, 5) is 0. The lowest BCUT2D eigenvalue weighted by Crippen LogP contribution is -2.48. The second-order valence-corrected chi connectivity index (χ2v) is 7.74. The molecule has 1 N–H and O–H groups in total. The van der Waals surface area contributed by atoms with Crippen molar-refractivity contribution in [1.82, 2.24) is 5.32 Å². The van der Waals surface area contributed by atoms with Crippen molar-refractivity contribution < 1.29 is 13.2 Å². The van der Waals surface area contributed by atoms with E-state index in [-0.39, 0.29) is 11.3 Å². The van der Waals surface area contributed by atoms with E-state index in [1.165, 1.54) is 6.26 Å². The molecule has 0 bridgehead atoms. The van der Waals surface area contributed by atoms with Gasteiger partial charge in [-0.25, -0.2) is 8.42 Å². The fraction of sp³-hybridized carbons (Fsp3) is 1.00. The molecule has 17 heavy (non-hydrogen) atoms. The normalized spacial score (nSPS) is 39.4. The summed E-state index contributed by atoms with van der Waals surface area (Å²) in [5.41, 5.74) is 0. The molecule has 4 nitrogen and oxygen atoms in total. The van der Waals surface area contributed by atoms with Crippen LogP contribution in [0, 0.1) is 0 Å². The Kier molecular flexibility index (Phi) is 4.10. The first-order valence-electron chi connectivity index (χ1n) is 6.53. The van der Waals surface area contributed by atoms with Gasteiger partial charge in [0.15, 0.2) is 9.84 Å². The molecule has 0 aromatic carbocycles. The average molecular weight is 261 g/mol. The smallest absolute Gasteiger partial charge is 0.151 e. The molecule has 2 aliphatic rings. The number of rotatable bonds is 3. The number of hydrogen-bond acceptors (Lipinski definition) is 4. The summed E-state index contributed by atoms with van der Waals surface area (Å²) in [7, 11) is -2.91. The Bertz CT molecular complexity index is 355. The highest BCUT2D eigenvalue weighted by molar-refractivity contribution is 7.91. The van der Waals surface area contributed by atoms with E-state index >= 15 is 0 Å². The van der Waals surface area contributed by atoms with E-state index < -0.39 is 9.84 Å². The van der Waals surface area contributed by atoms with Gasteiger partial charge in [0.2, 0.25) is 0 Å². The summed E-state index contributed by atoms with van der Waals surface area (Å²) in [5.74, 6) is 0. The number of hydrogen-bond donors (Lipinski definition) is 1. The van der Waals surface area contributed by atoms with Crippen LogP contribution in [0.4, 0.5) is 0 Å². The molecule has 2 fully saturated rings. The Morgan fingerprint density at radius 3 is 2.65 bits per heavy atom. The van der Waals surface area contributed by atoms with Gasteiger partial charge in [0.1, 0.15) is 0 Å². The van der Waals surface area contributed by atoms with Crippen LogP contribution in [0.3, 0.4) is 0 Å². The number of ether oxygens (including phenoxy) is 1. The first kappa shape index (κ1) is 13.3. The average Bonchev–Trinajstić information content (AvgIpc) is 2.65. The first-order chi connectivity index (χ1) is 7.97. The predicted octanol–water partition coefficient (Wildman–Crippen LogP) is 1.11. The van der Waals surface area contributed by atoms with Crippen molar-refractivity contribution in [3.05, 3.63) is 0 Å². The summed E-state index contributed by atoms with van der Waals surface area (Å²) >= 11 is 0. The second kappa shape index (κ2) is 5.24. The van der Waals surface area contributed by atoms with Crippen molar-refractivity contribution in [2.45, 2.75) is 62.5 Å². The van der Waals surface area contributed by atoms with Gasteiger partial charge in [0.25, 0.3) is 0 Å². The van der Waals surface area contributed by atoms with Crippen molar-refractivity contribution in [1.29, 1.82) is 0 Å². The molecular formula is C12H23NO3S. The minimum atomic E-state index is -2.91. The standard InChI is InChI=1S/C12H23NO3S/c1-9-8-10(6-7-16-9)13-11-4-3-5-12(11)17(2,14)15/h9-13H,3-8H2,1-2H3. The highest BCUT2D eigenvalue weighted by Gasteiger charge is 2.36. The van der Waals surface area contributed by atoms with Crippen molar-refractivity contribution in [2.75, 3.05) is 12.9 Å². The SMILES string of the molecule is CC1CC(NC2CCCC2S(C)(=O)=O)CCO1. The highest BCUT2D eigenvalue weighted by atomic mass is 32.2. The quantitative estimate of drug-likeness (QED) is 0.827. The maximum atomic E-state index is 11.7. The van der Waals surface area contributed by atoms with E-state index in [2.05, 4.69) is 12.2 Å². The van der Waals surface area contributed by atoms with Crippen molar-refractivity contribution in [3.8, 4) is 0 Å². The predicted molar refractivity (Wildman–Crippen MR) is 67.8 cm³/mol. The largest absolute Gasteiger partial charge is 0.378 e. The van der Waals surface area contributed by atoms with Crippen LogP contribution in [0.1, 0.15) is 39.0 Å². The molecule has 1 saturated carbocycles. The van der Waals surface area contributed by atoms with Gasteiger partial charge in [-0.3, -0.25) is 0 Å². The van der Waals surface area contributed by atoms with Crippen LogP contribution >= 0.6 is 0 Å². The minimum absolute atomic E-state index is 0.153. The zero-order valence-corrected chi connectivity index (χ0v) is 11.5. The Hall–Kier alpha value is -0.130. The monoisotopic (exact) mass is 261 g/mol. The molecule has 1 aliphatic carbocycles. The molecule has 100 valence electrons. The third kappa shape index (κ3) is 3.42. The molecule has 0 radical (unpaired) electrons. The van der Waals surface area contributed by atoms with Gasteiger partial charge in [-0.15, -0.1) is 0 Å². The molecule has 0 spiro atoms. The summed E-state index contributed by atoms with van der Waals surface area (Å²) < 4.78 is 28.9. The lowest BCUT2D eigenvalue weighted by atomic mass is 10.0. The van der Waals surface area contributed by atoms with E-state index in [9.17, 15) is 8.42 Å². The second-order valence-electron chi connectivity index (χ2n) is 5.47. The Morgan fingerprint density at radius 2 is 2.00 bits per heavy atom. The van der Waals surface area contributed by atoms with Crippen molar-refractivity contribution >= 4 is 9.84 Å². The van der Waals surface area contributed by atoms with Crippen LogP contribution in [0.25, 0.3) is 0 Å². The molecule has 1 heterocycles. The summed E-state index contributed by atoms with van der Waals surface area (Å²) in [6.07, 6.45) is 6.47. The van der Waals surface area contributed by atoms with Crippen LogP contribution in [0.15, 0.2) is 0 Å². The molecule has 5 heteroatoms. The van der Waals surface area contributed by atoms with Gasteiger partial charge >= 0.3 is 0 Å². The van der Waals surface area contributed by atoms with Crippen LogP contribution in [0.2, 0.25) is 0 Å². The van der Waals surface area contributed by atoms with E-state index in [1.807, 2.05) is 0 Å². The lowest BCUT2D eigenvalue weighted by Gasteiger charge is -2.32. The Labute approximate surface area is 104 Å². The van der Waals surface area contributed by atoms with Gasteiger partial charge in [-0.1, -0.05) is 6.42 Å². The number of sulfone groups is 1. The van der Waals surface area contributed by atoms with Crippen LogP contribution in [-0.2, 0) is 14.6 Å². The van der Waals surface area contributed by atoms with Gasteiger partial charge in [-0.05, 0) is 32.6 Å². The number of nitrogens with one attached hydrogen (secondary N) is 1. The van der Waals surface area contributed by atoms with Crippen LogP contribution in [-0.4, -0.2) is 44.7 Å². The summed E-state index contributed by atoms with van der Waals surface area (Å²) in [6.45, 7) is 2.87. The van der Waals surface area contributed by atoms with E-state index in [1.54, 1.807) is 0 Å². The third-order valence-corrected chi connectivity index (χ3v) is 5.60. The topological polar surface area (TPSA) is 55.4 Å². The fourth-order valence-electron chi connectivity index (χ4n) is 3.08. The summed E-state index contributed by atoms with van der Waals surface area (Å²) in [6, 6.07) is 0.575. The van der Waals surface area contributed by atoms with Gasteiger partial charge in [0, 0.05) is 24.9 Å². The van der Waals surface area contributed by atoms with Gasteiger partial charge < -0.3 is 10.1 Å². The zero-order chi connectivity index (χ0) is 12.5. The maximum Gasteiger partial charge on any atom is 0.151 e. The van der Waals surface area contributed by atoms with Crippen molar-refractivity contribution in [3.63, 3.8) is 0 Å². The molecule has 4 atom stereocenters. The molecule has 0 aromatic heterocycles. The van der Waals surface area contributed by atoms with Crippen molar-refractivity contribution in [2.24, 2.45) is 0 Å². The fourth-order valence-corrected chi connectivity index (χ4v) is 4.49. The highest BCUT2D eigenvalue weighted by Crippen LogP contribution is 2.26. The first-order valence-corrected chi connectivity index (χ1v) is 8.49. The van der Waals surface area contributed by atoms with E-state index in [0.717, 1.165) is 38.7 Å². The summed E-state index contributed by atoms with van der Waals surface area (Å²) in [5, 5.41) is 3.37. The lowest BCUT2D eigenvalue weighted by molar-refractivity contribution is 0.0115. The molecule has 0 amide bonds. The van der Waals surface area contributed by atoms with Crippen LogP contribution in [0.5, 0.6) is 0 Å². The van der Waals surface area contributed by atoms with E-state index in [0.29, 0.717) is 12.1 Å². The maximum absolute atomic E-state index is 11.7. The minimum Gasteiger partial charge on any atom is -0.378 e. The van der Waals surface area contributed by atoms with Crippen LogP contribution < -0.4 is 5.32 Å². The Balaban J connectivity index is 1.93. The van der Waals surface area contributed by atoms with Gasteiger partial charge in [0.05, 0.1) is 11.4 Å². The Morgan fingerprint density at radius 1 is 1.24 bits per heavy atom. The zero-order valence-electron chi connectivity index (χ0n) is 10.7. The molecule has 0 aromatic rings.